The fraction of sp³-hybridized carbons (Fsp3) is 0.895. The summed E-state index contributed by atoms with van der Waals surface area (Å²) in [6, 6.07) is 0. The average molecular weight is 360 g/mol. The summed E-state index contributed by atoms with van der Waals surface area (Å²) in [4.78, 5) is 22.9. The SMILES string of the molecule is O=C(CCCCCCO)OCCCCCOC(=O)CCCCCCO. The van der Waals surface area contributed by atoms with Gasteiger partial charge in [-0.25, -0.2) is 0 Å². The van der Waals surface area contributed by atoms with Gasteiger partial charge in [0.2, 0.25) is 0 Å². The van der Waals surface area contributed by atoms with Gasteiger partial charge in [0.1, 0.15) is 0 Å². The molecule has 0 saturated carbocycles. The van der Waals surface area contributed by atoms with Crippen LogP contribution in [-0.2, 0) is 19.1 Å². The van der Waals surface area contributed by atoms with E-state index in [0.29, 0.717) is 26.1 Å². The van der Waals surface area contributed by atoms with Crippen LogP contribution in [0.15, 0.2) is 0 Å². The molecule has 0 radical (unpaired) electrons. The summed E-state index contributed by atoms with van der Waals surface area (Å²) >= 11 is 0. The Bertz CT molecular complexity index is 289. The summed E-state index contributed by atoms with van der Waals surface area (Å²) in [5, 5.41) is 17.3. The quantitative estimate of drug-likeness (QED) is 0.288. The Morgan fingerprint density at radius 1 is 0.520 bits per heavy atom. The van der Waals surface area contributed by atoms with E-state index in [1.54, 1.807) is 0 Å². The highest BCUT2D eigenvalue weighted by molar-refractivity contribution is 5.69. The minimum absolute atomic E-state index is 0.156. The standard InChI is InChI=1S/C19H36O6/c20-14-8-3-1-6-12-18(22)24-16-10-5-11-17-25-19(23)13-7-2-4-9-15-21/h20-21H,1-17H2. The van der Waals surface area contributed by atoms with Crippen molar-refractivity contribution in [1.29, 1.82) is 0 Å². The molecule has 0 aliphatic carbocycles. The lowest BCUT2D eigenvalue weighted by Gasteiger charge is -2.06. The predicted molar refractivity (Wildman–Crippen MR) is 96.1 cm³/mol. The highest BCUT2D eigenvalue weighted by Crippen LogP contribution is 2.06. The number of carbonyl (C=O) groups is 2. The Balaban J connectivity index is 3.26. The summed E-state index contributed by atoms with van der Waals surface area (Å²) in [6.07, 6.45) is 10.3. The van der Waals surface area contributed by atoms with E-state index < -0.39 is 0 Å². The number of aliphatic hydroxyl groups excluding tert-OH is 2. The molecular formula is C19H36O6. The van der Waals surface area contributed by atoms with Crippen molar-refractivity contribution in [2.75, 3.05) is 26.4 Å². The third kappa shape index (κ3) is 19.0. The van der Waals surface area contributed by atoms with Crippen LogP contribution in [0.2, 0.25) is 0 Å². The van der Waals surface area contributed by atoms with Gasteiger partial charge in [-0.2, -0.15) is 0 Å². The monoisotopic (exact) mass is 360 g/mol. The van der Waals surface area contributed by atoms with Crippen LogP contribution in [0.25, 0.3) is 0 Å². The summed E-state index contributed by atoms with van der Waals surface area (Å²) < 4.78 is 10.3. The lowest BCUT2D eigenvalue weighted by molar-refractivity contribution is -0.144. The summed E-state index contributed by atoms with van der Waals surface area (Å²) in [7, 11) is 0. The van der Waals surface area contributed by atoms with Crippen LogP contribution in [0.1, 0.15) is 83.5 Å². The van der Waals surface area contributed by atoms with E-state index in [1.807, 2.05) is 0 Å². The second-order valence-corrected chi connectivity index (χ2v) is 6.28. The molecule has 6 nitrogen and oxygen atoms in total. The molecule has 0 aromatic rings. The van der Waals surface area contributed by atoms with Crippen LogP contribution >= 0.6 is 0 Å². The summed E-state index contributed by atoms with van der Waals surface area (Å²) in [5.41, 5.74) is 0. The van der Waals surface area contributed by atoms with Crippen molar-refractivity contribution in [3.8, 4) is 0 Å². The maximum Gasteiger partial charge on any atom is 0.305 e. The smallest absolute Gasteiger partial charge is 0.305 e. The molecule has 25 heavy (non-hydrogen) atoms. The molecule has 0 aromatic carbocycles. The van der Waals surface area contributed by atoms with E-state index in [-0.39, 0.29) is 25.2 Å². The maximum atomic E-state index is 11.5. The lowest BCUT2D eigenvalue weighted by Crippen LogP contribution is -2.07. The van der Waals surface area contributed by atoms with Gasteiger partial charge in [0.05, 0.1) is 13.2 Å². The zero-order chi connectivity index (χ0) is 18.6. The number of rotatable bonds is 18. The fourth-order valence-corrected chi connectivity index (χ4v) is 2.37. The van der Waals surface area contributed by atoms with Crippen LogP contribution < -0.4 is 0 Å². The normalized spacial score (nSPS) is 10.6. The molecule has 0 bridgehead atoms. The third-order valence-electron chi connectivity index (χ3n) is 3.89. The van der Waals surface area contributed by atoms with Gasteiger partial charge < -0.3 is 19.7 Å². The van der Waals surface area contributed by atoms with Crippen molar-refractivity contribution in [2.45, 2.75) is 83.5 Å². The van der Waals surface area contributed by atoms with Gasteiger partial charge in [0.25, 0.3) is 0 Å². The topological polar surface area (TPSA) is 93.1 Å². The third-order valence-corrected chi connectivity index (χ3v) is 3.89. The minimum Gasteiger partial charge on any atom is -0.466 e. The van der Waals surface area contributed by atoms with Crippen molar-refractivity contribution in [3.05, 3.63) is 0 Å². The van der Waals surface area contributed by atoms with E-state index in [2.05, 4.69) is 0 Å². The Morgan fingerprint density at radius 3 is 1.28 bits per heavy atom. The Kier molecular flexibility index (Phi) is 18.3. The van der Waals surface area contributed by atoms with Crippen molar-refractivity contribution in [3.63, 3.8) is 0 Å². The van der Waals surface area contributed by atoms with Crippen LogP contribution in [0.3, 0.4) is 0 Å². The molecule has 2 N–H and O–H groups in total. The largest absolute Gasteiger partial charge is 0.466 e. The van der Waals surface area contributed by atoms with Crippen LogP contribution in [0.5, 0.6) is 0 Å². The number of hydrogen-bond donors (Lipinski definition) is 2. The second-order valence-electron chi connectivity index (χ2n) is 6.28. The molecule has 0 fully saturated rings. The van der Waals surface area contributed by atoms with Gasteiger partial charge in [-0.05, 0) is 44.9 Å². The molecule has 0 heterocycles. The Labute approximate surface area is 151 Å². The van der Waals surface area contributed by atoms with Gasteiger partial charge in [0.15, 0.2) is 0 Å². The van der Waals surface area contributed by atoms with Crippen LogP contribution in [0, 0.1) is 0 Å². The van der Waals surface area contributed by atoms with E-state index in [4.69, 9.17) is 19.7 Å². The van der Waals surface area contributed by atoms with E-state index in [9.17, 15) is 9.59 Å². The van der Waals surface area contributed by atoms with Crippen molar-refractivity contribution in [1.82, 2.24) is 0 Å². The number of esters is 2. The first-order chi connectivity index (χ1) is 12.2. The summed E-state index contributed by atoms with van der Waals surface area (Å²) in [5.74, 6) is -0.312. The first-order valence-electron chi connectivity index (χ1n) is 9.73. The molecule has 0 aliphatic heterocycles. The van der Waals surface area contributed by atoms with Gasteiger partial charge in [0, 0.05) is 26.1 Å². The van der Waals surface area contributed by atoms with Crippen molar-refractivity contribution in [2.24, 2.45) is 0 Å². The lowest BCUT2D eigenvalue weighted by atomic mass is 10.1. The number of carbonyl (C=O) groups excluding carboxylic acids is 2. The minimum atomic E-state index is -0.156. The summed E-state index contributed by atoms with van der Waals surface area (Å²) in [6.45, 7) is 1.28. The first-order valence-corrected chi connectivity index (χ1v) is 9.73. The molecule has 148 valence electrons. The number of hydrogen-bond acceptors (Lipinski definition) is 6. The average Bonchev–Trinajstić information content (AvgIpc) is 2.60. The zero-order valence-corrected chi connectivity index (χ0v) is 15.5. The van der Waals surface area contributed by atoms with Crippen molar-refractivity contribution < 1.29 is 29.3 Å². The maximum absolute atomic E-state index is 11.5. The van der Waals surface area contributed by atoms with Crippen LogP contribution in [0.4, 0.5) is 0 Å². The highest BCUT2D eigenvalue weighted by Gasteiger charge is 2.04. The Hall–Kier alpha value is -1.14. The number of ether oxygens (including phenoxy) is 2. The van der Waals surface area contributed by atoms with Gasteiger partial charge >= 0.3 is 11.9 Å². The zero-order valence-electron chi connectivity index (χ0n) is 15.5. The Morgan fingerprint density at radius 2 is 0.880 bits per heavy atom. The van der Waals surface area contributed by atoms with Gasteiger partial charge in [-0.3, -0.25) is 9.59 Å². The van der Waals surface area contributed by atoms with Crippen LogP contribution in [-0.4, -0.2) is 48.6 Å². The molecule has 0 saturated heterocycles. The molecule has 0 rings (SSSR count). The number of unbranched alkanes of at least 4 members (excludes halogenated alkanes) is 8. The van der Waals surface area contributed by atoms with Gasteiger partial charge in [-0.1, -0.05) is 25.7 Å². The van der Waals surface area contributed by atoms with Crippen molar-refractivity contribution >= 4 is 11.9 Å². The van der Waals surface area contributed by atoms with E-state index >= 15 is 0 Å². The van der Waals surface area contributed by atoms with E-state index in [0.717, 1.165) is 70.6 Å². The number of aliphatic hydroxyl groups is 2. The van der Waals surface area contributed by atoms with Gasteiger partial charge in [-0.15, -0.1) is 0 Å². The molecule has 0 unspecified atom stereocenters. The highest BCUT2D eigenvalue weighted by atomic mass is 16.5. The second kappa shape index (κ2) is 19.2. The van der Waals surface area contributed by atoms with E-state index in [1.165, 1.54) is 0 Å². The molecular weight excluding hydrogens is 324 g/mol. The molecule has 0 aliphatic rings. The molecule has 0 amide bonds. The fourth-order valence-electron chi connectivity index (χ4n) is 2.37. The first kappa shape index (κ1) is 23.9. The molecule has 0 spiro atoms. The molecule has 6 heteroatoms. The molecule has 0 atom stereocenters. The predicted octanol–water partition coefficient (Wildman–Crippen LogP) is 3.13. The molecule has 0 aromatic heterocycles.